The molecule has 9 nitrogen and oxygen atoms in total. The highest BCUT2D eigenvalue weighted by Gasteiger charge is 2.34. The van der Waals surface area contributed by atoms with E-state index in [1.807, 2.05) is 67.3 Å². The van der Waals surface area contributed by atoms with Crippen molar-refractivity contribution in [1.82, 2.24) is 0 Å². The Hall–Kier alpha value is -4.53. The number of hydrogen-bond acceptors (Lipinski definition) is 8. The summed E-state index contributed by atoms with van der Waals surface area (Å²) in [6, 6.07) is 22.1. The standard InChI is InChI=1S/C29H30N4O5/c1-21-3-7-23(8-4-21)19-37-30-15-25-17-32(27-11-13-28(14-12-27)33(35)36)18-26(29(25)34)16-31-38-20-24-9-5-22(2)6-10-24/h3-16,25-26H,17-20H2,1-2H3/b30-15-,31-16+/t25-,26+/m0/s1. The molecule has 1 aliphatic rings. The summed E-state index contributed by atoms with van der Waals surface area (Å²) in [7, 11) is 0. The van der Waals surface area contributed by atoms with Crippen LogP contribution in [-0.2, 0) is 27.7 Å². The van der Waals surface area contributed by atoms with E-state index in [9.17, 15) is 14.9 Å². The second kappa shape index (κ2) is 12.6. The number of aryl methyl sites for hydroxylation is 2. The van der Waals surface area contributed by atoms with Gasteiger partial charge in [0.15, 0.2) is 5.78 Å². The lowest BCUT2D eigenvalue weighted by Crippen LogP contribution is -2.48. The van der Waals surface area contributed by atoms with Crippen LogP contribution in [-0.4, -0.2) is 36.2 Å². The number of Topliss-reactive ketones (excluding diaryl/α,β-unsaturated/α-hetero) is 1. The van der Waals surface area contributed by atoms with Crippen molar-refractivity contribution in [3.05, 3.63) is 105 Å². The van der Waals surface area contributed by atoms with E-state index in [1.54, 1.807) is 12.1 Å². The van der Waals surface area contributed by atoms with Gasteiger partial charge in [-0.05, 0) is 37.1 Å². The zero-order chi connectivity index (χ0) is 26.9. The average molecular weight is 515 g/mol. The van der Waals surface area contributed by atoms with E-state index in [0.29, 0.717) is 26.3 Å². The Morgan fingerprint density at radius 2 is 1.26 bits per heavy atom. The number of rotatable bonds is 10. The first-order chi connectivity index (χ1) is 18.4. The van der Waals surface area contributed by atoms with Crippen molar-refractivity contribution >= 4 is 29.6 Å². The number of nitro groups is 1. The van der Waals surface area contributed by atoms with Gasteiger partial charge in [0, 0.05) is 30.9 Å². The molecule has 0 spiro atoms. The highest BCUT2D eigenvalue weighted by Crippen LogP contribution is 2.25. The Morgan fingerprint density at radius 3 is 1.68 bits per heavy atom. The quantitative estimate of drug-likeness (QED) is 0.208. The number of carbonyl (C=O) groups excluding carboxylic acids is 1. The third-order valence-electron chi connectivity index (χ3n) is 6.33. The summed E-state index contributed by atoms with van der Waals surface area (Å²) in [5.41, 5.74) is 5.05. The largest absolute Gasteiger partial charge is 0.391 e. The van der Waals surface area contributed by atoms with Crippen molar-refractivity contribution < 1.29 is 19.4 Å². The number of non-ortho nitro benzene ring substituents is 1. The van der Waals surface area contributed by atoms with Crippen molar-refractivity contribution in [1.29, 1.82) is 0 Å². The first-order valence-corrected chi connectivity index (χ1v) is 12.3. The normalized spacial score (nSPS) is 17.7. The van der Waals surface area contributed by atoms with Gasteiger partial charge in [0.25, 0.3) is 5.69 Å². The lowest BCUT2D eigenvalue weighted by Gasteiger charge is -2.35. The van der Waals surface area contributed by atoms with Crippen molar-refractivity contribution in [3.8, 4) is 0 Å². The van der Waals surface area contributed by atoms with Crippen LogP contribution >= 0.6 is 0 Å². The zero-order valence-corrected chi connectivity index (χ0v) is 21.4. The van der Waals surface area contributed by atoms with Gasteiger partial charge in [-0.25, -0.2) is 0 Å². The maximum atomic E-state index is 13.2. The molecule has 0 unspecified atom stereocenters. The Bertz CT molecular complexity index is 1220. The highest BCUT2D eigenvalue weighted by atomic mass is 16.6. The molecule has 1 heterocycles. The van der Waals surface area contributed by atoms with Crippen LogP contribution in [0.2, 0.25) is 0 Å². The summed E-state index contributed by atoms with van der Waals surface area (Å²) in [4.78, 5) is 36.7. The average Bonchev–Trinajstić information content (AvgIpc) is 2.92. The molecule has 196 valence electrons. The summed E-state index contributed by atoms with van der Waals surface area (Å²) in [6.07, 6.45) is 3.03. The molecule has 1 fully saturated rings. The number of ketones is 1. The molecule has 9 heteroatoms. The molecule has 1 aliphatic heterocycles. The third kappa shape index (κ3) is 7.25. The summed E-state index contributed by atoms with van der Waals surface area (Å²) in [5.74, 6) is -1.15. The molecule has 2 atom stereocenters. The molecule has 3 aromatic carbocycles. The second-order valence-corrected chi connectivity index (χ2v) is 9.32. The van der Waals surface area contributed by atoms with E-state index >= 15 is 0 Å². The molecule has 0 radical (unpaired) electrons. The van der Waals surface area contributed by atoms with E-state index in [-0.39, 0.29) is 11.5 Å². The van der Waals surface area contributed by atoms with Crippen molar-refractivity contribution in [2.45, 2.75) is 27.1 Å². The van der Waals surface area contributed by atoms with Gasteiger partial charge in [-0.15, -0.1) is 0 Å². The molecule has 4 rings (SSSR count). The molecule has 0 aliphatic carbocycles. The van der Waals surface area contributed by atoms with Crippen LogP contribution in [0.15, 0.2) is 83.1 Å². The fourth-order valence-corrected chi connectivity index (χ4v) is 4.07. The van der Waals surface area contributed by atoms with Crippen LogP contribution in [0, 0.1) is 35.8 Å². The smallest absolute Gasteiger partial charge is 0.269 e. The molecule has 38 heavy (non-hydrogen) atoms. The van der Waals surface area contributed by atoms with Gasteiger partial charge in [-0.2, -0.15) is 0 Å². The summed E-state index contributed by atoms with van der Waals surface area (Å²) in [5, 5.41) is 19.2. The van der Waals surface area contributed by atoms with Crippen molar-refractivity contribution in [2.24, 2.45) is 22.1 Å². The van der Waals surface area contributed by atoms with E-state index in [0.717, 1.165) is 27.9 Å². The third-order valence-corrected chi connectivity index (χ3v) is 6.33. The Balaban J connectivity index is 1.43. The number of nitrogens with zero attached hydrogens (tertiary/aromatic N) is 4. The van der Waals surface area contributed by atoms with E-state index < -0.39 is 16.8 Å². The monoisotopic (exact) mass is 514 g/mol. The first-order valence-electron chi connectivity index (χ1n) is 12.3. The molecule has 0 saturated carbocycles. The number of oxime groups is 2. The second-order valence-electron chi connectivity index (χ2n) is 9.32. The van der Waals surface area contributed by atoms with Gasteiger partial charge in [-0.3, -0.25) is 14.9 Å². The minimum Gasteiger partial charge on any atom is -0.391 e. The van der Waals surface area contributed by atoms with Crippen LogP contribution in [0.3, 0.4) is 0 Å². The Labute approximate surface area is 221 Å². The van der Waals surface area contributed by atoms with Crippen LogP contribution in [0.25, 0.3) is 0 Å². The fourth-order valence-electron chi connectivity index (χ4n) is 4.07. The number of piperidine rings is 1. The van der Waals surface area contributed by atoms with Gasteiger partial charge in [0.1, 0.15) is 13.2 Å². The van der Waals surface area contributed by atoms with Crippen molar-refractivity contribution in [2.75, 3.05) is 18.0 Å². The maximum absolute atomic E-state index is 13.2. The molecule has 1 saturated heterocycles. The van der Waals surface area contributed by atoms with Crippen LogP contribution in [0.4, 0.5) is 11.4 Å². The minimum absolute atomic E-state index is 0.00655. The van der Waals surface area contributed by atoms with E-state index in [1.165, 1.54) is 24.6 Å². The SMILES string of the molecule is Cc1ccc(CO/N=C\[C@H]2CN(c3ccc([N+](=O)[O-])cc3)C[C@@H](/C=N/OCc3ccc(C)cc3)C2=O)cc1. The van der Waals surface area contributed by atoms with Gasteiger partial charge in [0.05, 0.1) is 29.2 Å². The fraction of sp³-hybridized carbons (Fsp3) is 0.276. The number of anilines is 1. The van der Waals surface area contributed by atoms with E-state index in [4.69, 9.17) is 9.68 Å². The van der Waals surface area contributed by atoms with E-state index in [2.05, 4.69) is 10.3 Å². The predicted octanol–water partition coefficient (Wildman–Crippen LogP) is 5.24. The van der Waals surface area contributed by atoms with Crippen LogP contribution < -0.4 is 4.90 Å². The maximum Gasteiger partial charge on any atom is 0.269 e. The minimum atomic E-state index is -0.550. The number of carbonyl (C=O) groups is 1. The Kier molecular flexibility index (Phi) is 8.81. The molecule has 0 amide bonds. The topological polar surface area (TPSA) is 107 Å². The zero-order valence-electron chi connectivity index (χ0n) is 21.4. The summed E-state index contributed by atoms with van der Waals surface area (Å²) in [6.45, 7) is 5.34. The summed E-state index contributed by atoms with van der Waals surface area (Å²) < 4.78 is 0. The van der Waals surface area contributed by atoms with Gasteiger partial charge >= 0.3 is 0 Å². The molecular weight excluding hydrogens is 484 g/mol. The molecule has 0 bridgehead atoms. The van der Waals surface area contributed by atoms with Gasteiger partial charge in [-0.1, -0.05) is 70.0 Å². The molecule has 3 aromatic rings. The molecule has 0 aromatic heterocycles. The van der Waals surface area contributed by atoms with Crippen LogP contribution in [0.1, 0.15) is 22.3 Å². The number of benzene rings is 3. The number of nitro benzene ring substituents is 1. The van der Waals surface area contributed by atoms with Crippen molar-refractivity contribution in [3.63, 3.8) is 0 Å². The highest BCUT2D eigenvalue weighted by molar-refractivity contribution is 6.05. The first kappa shape index (κ1) is 26.5. The van der Waals surface area contributed by atoms with Crippen LogP contribution in [0.5, 0.6) is 0 Å². The molecular formula is C29H30N4O5. The summed E-state index contributed by atoms with van der Waals surface area (Å²) >= 11 is 0. The lowest BCUT2D eigenvalue weighted by molar-refractivity contribution is -0.384. The lowest BCUT2D eigenvalue weighted by atomic mass is 9.88. The van der Waals surface area contributed by atoms with Gasteiger partial charge in [0.2, 0.25) is 0 Å². The molecule has 0 N–H and O–H groups in total. The predicted molar refractivity (Wildman–Crippen MR) is 146 cm³/mol. The number of hydrogen-bond donors (Lipinski definition) is 0. The van der Waals surface area contributed by atoms with Gasteiger partial charge < -0.3 is 14.6 Å². The Morgan fingerprint density at radius 1 is 0.816 bits per heavy atom.